The molecule has 0 fully saturated rings. The van der Waals surface area contributed by atoms with Crippen molar-refractivity contribution in [1.82, 2.24) is 20.6 Å². The number of aryl methyl sites for hydroxylation is 1. The molecule has 0 aliphatic carbocycles. The largest absolute Gasteiger partial charge is 0.357 e. The highest BCUT2D eigenvalue weighted by Gasteiger charge is 2.05. The van der Waals surface area contributed by atoms with E-state index in [2.05, 4.69) is 52.0 Å². The van der Waals surface area contributed by atoms with E-state index in [0.29, 0.717) is 6.54 Å². The second-order valence-electron chi connectivity index (χ2n) is 5.94. The highest BCUT2D eigenvalue weighted by molar-refractivity contribution is 7.11. The maximum absolute atomic E-state index is 4.70. The average Bonchev–Trinajstić information content (AvgIpc) is 3.36. The molecule has 5 nitrogen and oxygen atoms in total. The van der Waals surface area contributed by atoms with E-state index < -0.39 is 0 Å². The van der Waals surface area contributed by atoms with Crippen molar-refractivity contribution in [3.8, 4) is 11.3 Å². The molecular weight excluding hydrogens is 374 g/mol. The molecule has 0 saturated heterocycles. The predicted molar refractivity (Wildman–Crippen MR) is 116 cm³/mol. The number of rotatable bonds is 8. The molecule has 7 heteroatoms. The van der Waals surface area contributed by atoms with Crippen LogP contribution in [-0.4, -0.2) is 29.0 Å². The van der Waals surface area contributed by atoms with Crippen LogP contribution in [0.25, 0.3) is 11.3 Å². The van der Waals surface area contributed by atoms with Gasteiger partial charge in [0.25, 0.3) is 0 Å². The molecular formula is C20H25N5S2. The first-order valence-electron chi connectivity index (χ1n) is 9.24. The first-order valence-corrected chi connectivity index (χ1v) is 10.9. The molecule has 0 aliphatic rings. The molecule has 0 aliphatic heterocycles. The van der Waals surface area contributed by atoms with E-state index in [0.717, 1.165) is 48.2 Å². The van der Waals surface area contributed by atoms with Gasteiger partial charge in [0, 0.05) is 41.5 Å². The Labute approximate surface area is 168 Å². The minimum absolute atomic E-state index is 0.573. The fourth-order valence-electron chi connectivity index (χ4n) is 2.53. The Hall–Kier alpha value is -2.25. The van der Waals surface area contributed by atoms with Crippen LogP contribution in [-0.2, 0) is 19.4 Å². The lowest BCUT2D eigenvalue weighted by atomic mass is 10.2. The zero-order valence-electron chi connectivity index (χ0n) is 15.7. The maximum atomic E-state index is 4.70. The fraction of sp³-hybridized carbons (Fsp3) is 0.350. The van der Waals surface area contributed by atoms with E-state index in [1.165, 1.54) is 9.88 Å². The van der Waals surface area contributed by atoms with Crippen LogP contribution < -0.4 is 10.6 Å². The number of aliphatic imine (C=N–C) groups is 1. The number of hydrogen-bond acceptors (Lipinski definition) is 5. The van der Waals surface area contributed by atoms with E-state index in [-0.39, 0.29) is 0 Å². The second kappa shape index (κ2) is 10.2. The first kappa shape index (κ1) is 19.5. The lowest BCUT2D eigenvalue weighted by Crippen LogP contribution is -2.38. The zero-order chi connectivity index (χ0) is 18.9. The van der Waals surface area contributed by atoms with Crippen molar-refractivity contribution in [3.05, 3.63) is 56.8 Å². The molecule has 142 valence electrons. The van der Waals surface area contributed by atoms with Gasteiger partial charge in [0.05, 0.1) is 17.2 Å². The minimum atomic E-state index is 0.573. The molecule has 3 aromatic rings. The van der Waals surface area contributed by atoms with Gasteiger partial charge >= 0.3 is 0 Å². The number of hydrogen-bond donors (Lipinski definition) is 2. The van der Waals surface area contributed by atoms with E-state index in [9.17, 15) is 0 Å². The number of thiazole rings is 2. The summed E-state index contributed by atoms with van der Waals surface area (Å²) in [6.07, 6.45) is 3.94. The summed E-state index contributed by atoms with van der Waals surface area (Å²) in [6, 6.07) is 10.2. The molecule has 0 bridgehead atoms. The van der Waals surface area contributed by atoms with Crippen LogP contribution in [0.1, 0.15) is 28.7 Å². The van der Waals surface area contributed by atoms with Gasteiger partial charge < -0.3 is 10.6 Å². The fourth-order valence-corrected chi connectivity index (χ4v) is 4.12. The highest BCUT2D eigenvalue weighted by atomic mass is 32.1. The van der Waals surface area contributed by atoms with Crippen molar-refractivity contribution in [1.29, 1.82) is 0 Å². The van der Waals surface area contributed by atoms with Crippen LogP contribution in [0.15, 0.2) is 46.9 Å². The van der Waals surface area contributed by atoms with Crippen LogP contribution in [0.4, 0.5) is 0 Å². The smallest absolute Gasteiger partial charge is 0.191 e. The molecule has 0 spiro atoms. The zero-order valence-corrected chi connectivity index (χ0v) is 17.4. The molecule has 0 unspecified atom stereocenters. The van der Waals surface area contributed by atoms with Crippen LogP contribution in [0.5, 0.6) is 0 Å². The van der Waals surface area contributed by atoms with Gasteiger partial charge in [-0.2, -0.15) is 0 Å². The normalized spacial score (nSPS) is 11.6. The lowest BCUT2D eigenvalue weighted by Gasteiger charge is -2.10. The Balaban J connectivity index is 1.54. The van der Waals surface area contributed by atoms with Crippen molar-refractivity contribution in [2.24, 2.45) is 4.99 Å². The number of benzene rings is 1. The van der Waals surface area contributed by atoms with Gasteiger partial charge in [0.2, 0.25) is 0 Å². The van der Waals surface area contributed by atoms with Crippen molar-refractivity contribution in [2.45, 2.75) is 33.2 Å². The number of guanidine groups is 1. The third kappa shape index (κ3) is 5.87. The summed E-state index contributed by atoms with van der Waals surface area (Å²) < 4.78 is 0. The quantitative estimate of drug-likeness (QED) is 0.442. The maximum Gasteiger partial charge on any atom is 0.191 e. The topological polar surface area (TPSA) is 62.2 Å². The van der Waals surface area contributed by atoms with Crippen LogP contribution in [0, 0.1) is 0 Å². The summed E-state index contributed by atoms with van der Waals surface area (Å²) in [7, 11) is 0. The Morgan fingerprint density at radius 2 is 1.96 bits per heavy atom. The van der Waals surface area contributed by atoms with Gasteiger partial charge in [-0.1, -0.05) is 37.3 Å². The predicted octanol–water partition coefficient (Wildman–Crippen LogP) is 4.13. The second-order valence-corrected chi connectivity index (χ2v) is 8.08. The van der Waals surface area contributed by atoms with Gasteiger partial charge in [-0.25, -0.2) is 15.0 Å². The Morgan fingerprint density at radius 1 is 1.11 bits per heavy atom. The number of nitrogens with one attached hydrogen (secondary N) is 2. The Bertz CT molecular complexity index is 854. The van der Waals surface area contributed by atoms with E-state index in [1.807, 2.05) is 24.4 Å². The molecule has 2 heterocycles. The summed E-state index contributed by atoms with van der Waals surface area (Å²) in [5, 5.41) is 11.0. The summed E-state index contributed by atoms with van der Waals surface area (Å²) in [4.78, 5) is 15.2. The third-order valence-electron chi connectivity index (χ3n) is 3.92. The Kier molecular flexibility index (Phi) is 7.36. The summed E-state index contributed by atoms with van der Waals surface area (Å²) in [6.45, 7) is 6.45. The summed E-state index contributed by atoms with van der Waals surface area (Å²) in [5.74, 6) is 0.821. The monoisotopic (exact) mass is 399 g/mol. The van der Waals surface area contributed by atoms with Gasteiger partial charge in [-0.05, 0) is 13.3 Å². The third-order valence-corrected chi connectivity index (χ3v) is 5.95. The number of aromatic nitrogens is 2. The van der Waals surface area contributed by atoms with E-state index >= 15 is 0 Å². The molecule has 0 amide bonds. The molecule has 1 aromatic carbocycles. The summed E-state index contributed by atoms with van der Waals surface area (Å²) >= 11 is 3.44. The van der Waals surface area contributed by atoms with Crippen LogP contribution >= 0.6 is 22.7 Å². The number of nitrogens with zero attached hydrogens (tertiary/aromatic N) is 3. The van der Waals surface area contributed by atoms with E-state index in [4.69, 9.17) is 4.98 Å². The molecule has 0 atom stereocenters. The van der Waals surface area contributed by atoms with Gasteiger partial charge in [0.15, 0.2) is 5.96 Å². The SMILES string of the molecule is CCNC(=NCc1nc(-c2ccccc2)cs1)NCCc1ncc(CC)s1. The summed E-state index contributed by atoms with van der Waals surface area (Å²) in [5.41, 5.74) is 2.16. The van der Waals surface area contributed by atoms with Crippen LogP contribution in [0.2, 0.25) is 0 Å². The van der Waals surface area contributed by atoms with Crippen molar-refractivity contribution >= 4 is 28.6 Å². The first-order chi connectivity index (χ1) is 13.3. The molecule has 2 aromatic heterocycles. The molecule has 0 saturated carbocycles. The van der Waals surface area contributed by atoms with Gasteiger partial charge in [-0.15, -0.1) is 22.7 Å². The van der Waals surface area contributed by atoms with Crippen molar-refractivity contribution in [2.75, 3.05) is 13.1 Å². The minimum Gasteiger partial charge on any atom is -0.357 e. The van der Waals surface area contributed by atoms with Crippen LogP contribution in [0.3, 0.4) is 0 Å². The van der Waals surface area contributed by atoms with Crippen molar-refractivity contribution < 1.29 is 0 Å². The average molecular weight is 400 g/mol. The molecule has 27 heavy (non-hydrogen) atoms. The lowest BCUT2D eigenvalue weighted by molar-refractivity contribution is 0.796. The van der Waals surface area contributed by atoms with E-state index in [1.54, 1.807) is 22.7 Å². The Morgan fingerprint density at radius 3 is 2.70 bits per heavy atom. The molecule has 3 rings (SSSR count). The highest BCUT2D eigenvalue weighted by Crippen LogP contribution is 2.21. The standard InChI is InChI=1S/C20H25N5S2/c1-3-16-12-23-18(27-16)10-11-22-20(21-4-2)24-13-19-25-17(14-26-19)15-8-6-5-7-9-15/h5-9,12,14H,3-4,10-11,13H2,1-2H3,(H2,21,22,24). The van der Waals surface area contributed by atoms with Gasteiger partial charge in [0.1, 0.15) is 5.01 Å². The molecule has 0 radical (unpaired) electrons. The molecule has 2 N–H and O–H groups in total. The van der Waals surface area contributed by atoms with Crippen molar-refractivity contribution in [3.63, 3.8) is 0 Å². The van der Waals surface area contributed by atoms with Gasteiger partial charge in [-0.3, -0.25) is 0 Å².